The fourth-order valence-corrected chi connectivity index (χ4v) is 1.34. The van der Waals surface area contributed by atoms with Gasteiger partial charge in [0.05, 0.1) is 19.8 Å². The topological polar surface area (TPSA) is 84.6 Å². The van der Waals surface area contributed by atoms with E-state index in [4.69, 9.17) is 15.6 Å². The summed E-state index contributed by atoms with van der Waals surface area (Å²) in [6, 6.07) is 2.58. The van der Waals surface area contributed by atoms with Gasteiger partial charge in [0.2, 0.25) is 0 Å². The lowest BCUT2D eigenvalue weighted by molar-refractivity contribution is 0.0838. The van der Waals surface area contributed by atoms with Crippen LogP contribution in [-0.4, -0.2) is 37.4 Å². The average Bonchev–Trinajstić information content (AvgIpc) is 2.34. The highest BCUT2D eigenvalue weighted by molar-refractivity contribution is 5.95. The molecule has 1 rings (SSSR count). The number of carbonyl (C=O) groups excluding carboxylic acids is 1. The number of carbonyl (C=O) groups is 1. The molecule has 0 unspecified atom stereocenters. The number of aliphatic hydroxyl groups is 1. The molecule has 0 atom stereocenters. The lowest BCUT2D eigenvalue weighted by atomic mass is 10.1. The molecular weight excluding hydrogens is 239 g/mol. The summed E-state index contributed by atoms with van der Waals surface area (Å²) in [6.45, 7) is 2.29. The fraction of sp³-hybridized carbons (Fsp3) is 0.417. The van der Waals surface area contributed by atoms with Crippen molar-refractivity contribution in [3.63, 3.8) is 0 Å². The summed E-state index contributed by atoms with van der Waals surface area (Å²) >= 11 is 0. The van der Waals surface area contributed by atoms with Gasteiger partial charge in [-0.1, -0.05) is 0 Å². The molecule has 100 valence electrons. The minimum Gasteiger partial charge on any atom is -0.398 e. The normalized spacial score (nSPS) is 10.4. The Morgan fingerprint density at radius 2 is 2.22 bits per heavy atom. The monoisotopic (exact) mass is 256 g/mol. The minimum atomic E-state index is -0.503. The summed E-state index contributed by atoms with van der Waals surface area (Å²) in [5, 5.41) is 11.0. The molecule has 1 amide bonds. The van der Waals surface area contributed by atoms with Crippen molar-refractivity contribution in [2.45, 2.75) is 6.92 Å². The molecule has 0 aliphatic rings. The number of nitrogens with one attached hydrogen (secondary N) is 1. The van der Waals surface area contributed by atoms with Crippen molar-refractivity contribution in [2.75, 3.05) is 32.1 Å². The van der Waals surface area contributed by atoms with E-state index < -0.39 is 11.7 Å². The van der Waals surface area contributed by atoms with Crippen LogP contribution in [0.5, 0.6) is 0 Å². The number of nitrogens with two attached hydrogens (primary N) is 1. The van der Waals surface area contributed by atoms with Gasteiger partial charge in [-0.05, 0) is 19.1 Å². The van der Waals surface area contributed by atoms with E-state index in [1.807, 2.05) is 0 Å². The average molecular weight is 256 g/mol. The van der Waals surface area contributed by atoms with Crippen molar-refractivity contribution in [1.29, 1.82) is 0 Å². The first kappa shape index (κ1) is 14.4. The minimum absolute atomic E-state index is 0.0619. The Morgan fingerprint density at radius 3 is 2.83 bits per heavy atom. The molecule has 18 heavy (non-hydrogen) atoms. The first-order valence-electron chi connectivity index (χ1n) is 5.58. The van der Waals surface area contributed by atoms with Gasteiger partial charge in [0.25, 0.3) is 5.91 Å². The number of nitrogen functional groups attached to an aromatic ring is 1. The number of hydrogen-bond acceptors (Lipinski definition) is 4. The van der Waals surface area contributed by atoms with Gasteiger partial charge in [-0.2, -0.15) is 0 Å². The van der Waals surface area contributed by atoms with Crippen LogP contribution in [0.15, 0.2) is 12.1 Å². The van der Waals surface area contributed by atoms with E-state index in [9.17, 15) is 9.18 Å². The van der Waals surface area contributed by atoms with Crippen molar-refractivity contribution in [2.24, 2.45) is 0 Å². The van der Waals surface area contributed by atoms with Gasteiger partial charge in [-0.3, -0.25) is 4.79 Å². The van der Waals surface area contributed by atoms with Crippen molar-refractivity contribution in [3.05, 3.63) is 29.1 Å². The van der Waals surface area contributed by atoms with Gasteiger partial charge >= 0.3 is 0 Å². The molecule has 0 spiro atoms. The largest absolute Gasteiger partial charge is 0.398 e. The number of ether oxygens (including phenoxy) is 1. The smallest absolute Gasteiger partial charge is 0.251 e. The molecule has 0 fully saturated rings. The van der Waals surface area contributed by atoms with E-state index in [1.165, 1.54) is 6.07 Å². The Balaban J connectivity index is 2.52. The summed E-state index contributed by atoms with van der Waals surface area (Å²) < 4.78 is 18.3. The molecule has 0 heterocycles. The van der Waals surface area contributed by atoms with Crippen LogP contribution in [0.1, 0.15) is 15.9 Å². The standard InChI is InChI=1S/C12H17FN2O3/c1-8-10(13)6-9(7-11(8)14)12(17)15-2-4-18-5-3-16/h6-7,16H,2-5,14H2,1H3,(H,15,17). The van der Waals surface area contributed by atoms with Gasteiger partial charge in [0.1, 0.15) is 5.82 Å². The fourth-order valence-electron chi connectivity index (χ4n) is 1.34. The number of halogens is 1. The molecule has 4 N–H and O–H groups in total. The van der Waals surface area contributed by atoms with Crippen LogP contribution >= 0.6 is 0 Å². The predicted octanol–water partition coefficient (Wildman–Crippen LogP) is 0.455. The molecule has 6 heteroatoms. The van der Waals surface area contributed by atoms with Gasteiger partial charge in [-0.15, -0.1) is 0 Å². The number of benzene rings is 1. The summed E-state index contributed by atoms with van der Waals surface area (Å²) in [4.78, 5) is 11.7. The van der Waals surface area contributed by atoms with Crippen molar-refractivity contribution < 1.29 is 19.0 Å². The molecule has 1 aromatic rings. The Labute approximate surface area is 105 Å². The summed E-state index contributed by atoms with van der Waals surface area (Å²) in [7, 11) is 0. The molecule has 1 aromatic carbocycles. The van der Waals surface area contributed by atoms with Crippen LogP contribution in [0, 0.1) is 12.7 Å². The van der Waals surface area contributed by atoms with Crippen LogP contribution in [0.25, 0.3) is 0 Å². The molecule has 0 bridgehead atoms. The lowest BCUT2D eigenvalue weighted by Crippen LogP contribution is -2.27. The van der Waals surface area contributed by atoms with Crippen LogP contribution in [-0.2, 0) is 4.74 Å². The molecule has 0 radical (unpaired) electrons. The van der Waals surface area contributed by atoms with Crippen LogP contribution < -0.4 is 11.1 Å². The number of hydrogen-bond donors (Lipinski definition) is 3. The predicted molar refractivity (Wildman–Crippen MR) is 65.8 cm³/mol. The van der Waals surface area contributed by atoms with Gasteiger partial charge < -0.3 is 20.9 Å². The summed E-state index contributed by atoms with van der Waals surface area (Å²) in [5.74, 6) is -0.912. The van der Waals surface area contributed by atoms with E-state index in [1.54, 1.807) is 6.92 Å². The quantitative estimate of drug-likeness (QED) is 0.510. The molecular formula is C12H17FN2O3. The lowest BCUT2D eigenvalue weighted by Gasteiger charge is -2.08. The number of aliphatic hydroxyl groups excluding tert-OH is 1. The zero-order valence-corrected chi connectivity index (χ0v) is 10.2. The summed E-state index contributed by atoms with van der Waals surface area (Å²) in [5.41, 5.74) is 6.34. The molecule has 5 nitrogen and oxygen atoms in total. The second-order valence-corrected chi connectivity index (χ2v) is 3.76. The molecule has 0 aliphatic heterocycles. The number of rotatable bonds is 6. The summed E-state index contributed by atoms with van der Waals surface area (Å²) in [6.07, 6.45) is 0. The van der Waals surface area contributed by atoms with Crippen molar-refractivity contribution in [1.82, 2.24) is 5.32 Å². The first-order chi connectivity index (χ1) is 8.56. The highest BCUT2D eigenvalue weighted by atomic mass is 19.1. The number of amides is 1. The molecule has 0 aliphatic carbocycles. The van der Waals surface area contributed by atoms with Gasteiger partial charge in [0.15, 0.2) is 0 Å². The van der Waals surface area contributed by atoms with Crippen LogP contribution in [0.3, 0.4) is 0 Å². The maximum atomic E-state index is 13.4. The van der Waals surface area contributed by atoms with E-state index in [-0.39, 0.29) is 37.6 Å². The van der Waals surface area contributed by atoms with Crippen molar-refractivity contribution in [3.8, 4) is 0 Å². The SMILES string of the molecule is Cc1c(N)cc(C(=O)NCCOCCO)cc1F. The number of anilines is 1. The molecule has 0 saturated carbocycles. The van der Waals surface area contributed by atoms with Crippen molar-refractivity contribution >= 4 is 11.6 Å². The Kier molecular flexibility index (Phi) is 5.54. The first-order valence-corrected chi connectivity index (χ1v) is 5.58. The third kappa shape index (κ3) is 3.97. The second-order valence-electron chi connectivity index (χ2n) is 3.76. The molecule has 0 saturated heterocycles. The zero-order valence-electron chi connectivity index (χ0n) is 10.2. The van der Waals surface area contributed by atoms with E-state index >= 15 is 0 Å². The Bertz CT molecular complexity index is 401. The third-order valence-corrected chi connectivity index (χ3v) is 2.41. The maximum absolute atomic E-state index is 13.4. The van der Waals surface area contributed by atoms with Gasteiger partial charge in [-0.25, -0.2) is 4.39 Å². The Hall–Kier alpha value is -1.66. The maximum Gasteiger partial charge on any atom is 0.251 e. The van der Waals surface area contributed by atoms with Crippen LogP contribution in [0.4, 0.5) is 10.1 Å². The second kappa shape index (κ2) is 6.93. The Morgan fingerprint density at radius 1 is 1.50 bits per heavy atom. The zero-order chi connectivity index (χ0) is 13.5. The van der Waals surface area contributed by atoms with E-state index in [0.29, 0.717) is 5.56 Å². The third-order valence-electron chi connectivity index (χ3n) is 2.41. The van der Waals surface area contributed by atoms with Crippen LogP contribution in [0.2, 0.25) is 0 Å². The van der Waals surface area contributed by atoms with E-state index in [2.05, 4.69) is 5.32 Å². The highest BCUT2D eigenvalue weighted by Crippen LogP contribution is 2.17. The highest BCUT2D eigenvalue weighted by Gasteiger charge is 2.10. The molecule has 0 aromatic heterocycles. The van der Waals surface area contributed by atoms with Gasteiger partial charge in [0, 0.05) is 23.4 Å². The van der Waals surface area contributed by atoms with E-state index in [0.717, 1.165) is 6.07 Å².